The van der Waals surface area contributed by atoms with E-state index in [0.29, 0.717) is 32.7 Å². The normalized spacial score (nSPS) is 11.5. The Kier molecular flexibility index (Phi) is 10.0. The summed E-state index contributed by atoms with van der Waals surface area (Å²) in [5.74, 6) is -1.78. The molecule has 176 valence electrons. The monoisotopic (exact) mass is 570 g/mol. The molecule has 2 rings (SSSR count). The fourth-order valence-corrected chi connectivity index (χ4v) is 3.21. The van der Waals surface area contributed by atoms with E-state index in [4.69, 9.17) is 9.47 Å². The number of carbonyl (C=O) groups is 3. The molecule has 2 aromatic carbocycles. The number of amides is 3. The van der Waals surface area contributed by atoms with Crippen LogP contribution < -0.4 is 25.5 Å². The molecule has 11 heteroatoms. The van der Waals surface area contributed by atoms with Gasteiger partial charge in [-0.25, -0.2) is 9.82 Å². The highest BCUT2D eigenvalue weighted by Gasteiger charge is 2.15. The third kappa shape index (κ3) is 8.33. The van der Waals surface area contributed by atoms with E-state index in [2.05, 4.69) is 21.2 Å². The number of nitrogens with zero attached hydrogens (tertiary/aromatic N) is 1. The van der Waals surface area contributed by atoms with Crippen LogP contribution in [0.25, 0.3) is 0 Å². The van der Waals surface area contributed by atoms with Crippen molar-refractivity contribution in [3.05, 3.63) is 51.3 Å². The lowest BCUT2D eigenvalue weighted by Gasteiger charge is -2.13. The number of anilines is 1. The SMILES string of the molecule is CC[C@@H](C)NC(=O)C(=O)N/N=C\c1cc(I)c(OCC(=O)Nc2ccc(F)cc2)c(OC)c1. The minimum absolute atomic E-state index is 0.122. The number of hydrazone groups is 1. The van der Waals surface area contributed by atoms with Crippen molar-refractivity contribution >= 4 is 52.2 Å². The second-order valence-electron chi connectivity index (χ2n) is 6.86. The van der Waals surface area contributed by atoms with Gasteiger partial charge in [0, 0.05) is 11.7 Å². The second kappa shape index (κ2) is 12.7. The average Bonchev–Trinajstić information content (AvgIpc) is 2.79. The van der Waals surface area contributed by atoms with Crippen LogP contribution in [0.4, 0.5) is 10.1 Å². The molecular weight excluding hydrogens is 546 g/mol. The summed E-state index contributed by atoms with van der Waals surface area (Å²) in [5.41, 5.74) is 3.18. The summed E-state index contributed by atoms with van der Waals surface area (Å²) >= 11 is 2.01. The summed E-state index contributed by atoms with van der Waals surface area (Å²) in [6.45, 7) is 3.39. The van der Waals surface area contributed by atoms with Crippen LogP contribution >= 0.6 is 22.6 Å². The van der Waals surface area contributed by atoms with Gasteiger partial charge in [-0.1, -0.05) is 6.92 Å². The number of rotatable bonds is 9. The Hall–Kier alpha value is -3.22. The lowest BCUT2D eigenvalue weighted by molar-refractivity contribution is -0.139. The molecule has 3 N–H and O–H groups in total. The summed E-state index contributed by atoms with van der Waals surface area (Å²) in [7, 11) is 1.44. The molecule has 0 radical (unpaired) electrons. The van der Waals surface area contributed by atoms with Gasteiger partial charge in [0.1, 0.15) is 5.82 Å². The van der Waals surface area contributed by atoms with E-state index in [1.165, 1.54) is 37.6 Å². The van der Waals surface area contributed by atoms with Crippen LogP contribution in [0.3, 0.4) is 0 Å². The van der Waals surface area contributed by atoms with Gasteiger partial charge in [0.25, 0.3) is 5.91 Å². The van der Waals surface area contributed by atoms with Crippen molar-refractivity contribution in [2.24, 2.45) is 5.10 Å². The van der Waals surface area contributed by atoms with Crippen LogP contribution in [-0.4, -0.2) is 43.7 Å². The van der Waals surface area contributed by atoms with E-state index in [0.717, 1.165) is 0 Å². The van der Waals surface area contributed by atoms with Crippen molar-refractivity contribution in [3.63, 3.8) is 0 Å². The van der Waals surface area contributed by atoms with E-state index in [-0.39, 0.29) is 12.6 Å². The van der Waals surface area contributed by atoms with Gasteiger partial charge in [0.2, 0.25) is 0 Å². The molecule has 0 aliphatic carbocycles. The molecule has 0 fully saturated rings. The first kappa shape index (κ1) is 26.0. The van der Waals surface area contributed by atoms with E-state index in [9.17, 15) is 18.8 Å². The molecular formula is C22H24FIN4O5. The molecule has 2 aromatic rings. The number of benzene rings is 2. The predicted molar refractivity (Wildman–Crippen MR) is 130 cm³/mol. The molecule has 0 heterocycles. The summed E-state index contributed by atoms with van der Waals surface area (Å²) in [6.07, 6.45) is 2.05. The van der Waals surface area contributed by atoms with Gasteiger partial charge in [-0.2, -0.15) is 5.10 Å². The summed E-state index contributed by atoms with van der Waals surface area (Å²) in [6, 6.07) is 8.54. The molecule has 1 atom stereocenters. The van der Waals surface area contributed by atoms with Crippen molar-refractivity contribution in [3.8, 4) is 11.5 Å². The van der Waals surface area contributed by atoms with Crippen LogP contribution in [0.2, 0.25) is 0 Å². The Morgan fingerprint density at radius 3 is 2.52 bits per heavy atom. The maximum atomic E-state index is 13.0. The summed E-state index contributed by atoms with van der Waals surface area (Å²) in [5, 5.41) is 8.94. The van der Waals surface area contributed by atoms with E-state index < -0.39 is 23.5 Å². The first-order chi connectivity index (χ1) is 15.7. The fraction of sp³-hybridized carbons (Fsp3) is 0.273. The Morgan fingerprint density at radius 1 is 1.18 bits per heavy atom. The van der Waals surface area contributed by atoms with Crippen LogP contribution in [0.5, 0.6) is 11.5 Å². The molecule has 0 bridgehead atoms. The Bertz CT molecular complexity index is 1030. The molecule has 0 aliphatic rings. The van der Waals surface area contributed by atoms with Crippen LogP contribution in [0.1, 0.15) is 25.8 Å². The van der Waals surface area contributed by atoms with E-state index in [1.54, 1.807) is 19.1 Å². The van der Waals surface area contributed by atoms with Gasteiger partial charge in [-0.3, -0.25) is 14.4 Å². The maximum absolute atomic E-state index is 13.0. The molecule has 0 saturated carbocycles. The third-order valence-electron chi connectivity index (χ3n) is 4.30. The largest absolute Gasteiger partial charge is 0.493 e. The molecule has 9 nitrogen and oxygen atoms in total. The molecule has 33 heavy (non-hydrogen) atoms. The number of halogens is 2. The van der Waals surface area contributed by atoms with Crippen molar-refractivity contribution < 1.29 is 28.2 Å². The van der Waals surface area contributed by atoms with Crippen molar-refractivity contribution in [1.82, 2.24) is 10.7 Å². The second-order valence-corrected chi connectivity index (χ2v) is 8.02. The number of hydrogen-bond donors (Lipinski definition) is 3. The summed E-state index contributed by atoms with van der Waals surface area (Å²) < 4.78 is 24.5. The fourth-order valence-electron chi connectivity index (χ4n) is 2.43. The third-order valence-corrected chi connectivity index (χ3v) is 5.10. The maximum Gasteiger partial charge on any atom is 0.329 e. The minimum atomic E-state index is -0.875. The quantitative estimate of drug-likeness (QED) is 0.186. The van der Waals surface area contributed by atoms with Gasteiger partial charge in [0.15, 0.2) is 18.1 Å². The van der Waals surface area contributed by atoms with Crippen molar-refractivity contribution in [2.45, 2.75) is 26.3 Å². The van der Waals surface area contributed by atoms with Crippen LogP contribution in [0, 0.1) is 9.39 Å². The Labute approximate surface area is 204 Å². The highest BCUT2D eigenvalue weighted by Crippen LogP contribution is 2.33. The van der Waals surface area contributed by atoms with E-state index >= 15 is 0 Å². The smallest absolute Gasteiger partial charge is 0.329 e. The molecule has 0 aliphatic heterocycles. The zero-order chi connectivity index (χ0) is 24.4. The zero-order valence-electron chi connectivity index (χ0n) is 18.3. The van der Waals surface area contributed by atoms with Gasteiger partial charge < -0.3 is 20.1 Å². The Morgan fingerprint density at radius 2 is 1.88 bits per heavy atom. The predicted octanol–water partition coefficient (Wildman–Crippen LogP) is 2.82. The topological polar surface area (TPSA) is 118 Å². The van der Waals surface area contributed by atoms with Gasteiger partial charge in [-0.15, -0.1) is 0 Å². The van der Waals surface area contributed by atoms with Crippen LogP contribution in [-0.2, 0) is 14.4 Å². The molecule has 0 aromatic heterocycles. The summed E-state index contributed by atoms with van der Waals surface area (Å²) in [4.78, 5) is 35.6. The lowest BCUT2D eigenvalue weighted by atomic mass is 10.2. The first-order valence-electron chi connectivity index (χ1n) is 9.93. The molecule has 0 unspecified atom stereocenters. The minimum Gasteiger partial charge on any atom is -0.493 e. The number of hydrogen-bond acceptors (Lipinski definition) is 6. The Balaban J connectivity index is 1.98. The van der Waals surface area contributed by atoms with Gasteiger partial charge in [-0.05, 0) is 77.9 Å². The highest BCUT2D eigenvalue weighted by molar-refractivity contribution is 14.1. The van der Waals surface area contributed by atoms with E-state index in [1.807, 2.05) is 29.5 Å². The number of methoxy groups -OCH3 is 1. The number of carbonyl (C=O) groups excluding carboxylic acids is 3. The first-order valence-corrected chi connectivity index (χ1v) is 11.0. The molecule has 0 saturated heterocycles. The van der Waals surface area contributed by atoms with Gasteiger partial charge in [0.05, 0.1) is 16.9 Å². The molecule has 0 spiro atoms. The number of ether oxygens (including phenoxy) is 2. The average molecular weight is 570 g/mol. The van der Waals surface area contributed by atoms with Crippen molar-refractivity contribution in [2.75, 3.05) is 19.0 Å². The highest BCUT2D eigenvalue weighted by atomic mass is 127. The zero-order valence-corrected chi connectivity index (χ0v) is 20.4. The van der Waals surface area contributed by atoms with Crippen LogP contribution in [0.15, 0.2) is 41.5 Å². The number of nitrogens with one attached hydrogen (secondary N) is 3. The van der Waals surface area contributed by atoms with Gasteiger partial charge >= 0.3 is 11.8 Å². The standard InChI is InChI=1S/C22H24FIN4O5/c1-4-13(2)26-21(30)22(31)28-25-11-14-9-17(24)20(18(10-14)32-3)33-12-19(29)27-16-7-5-15(23)6-8-16/h5-11,13H,4,12H2,1-3H3,(H,26,30)(H,27,29)(H,28,31)/b25-11-/t13-/m1/s1. The lowest BCUT2D eigenvalue weighted by Crippen LogP contribution is -2.41. The molecule has 3 amide bonds. The van der Waals surface area contributed by atoms with Crippen molar-refractivity contribution in [1.29, 1.82) is 0 Å².